The number of rotatable bonds is 4. The summed E-state index contributed by atoms with van der Waals surface area (Å²) < 4.78 is 0. The molecule has 2 aromatic rings. The SMILES string of the molecule is CCCNC(=O)c1cc(-c2cccs2)[nH]c(=O)n1. The highest BCUT2D eigenvalue weighted by Gasteiger charge is 2.10. The minimum absolute atomic E-state index is 0.149. The Labute approximate surface area is 108 Å². The Morgan fingerprint density at radius 1 is 1.56 bits per heavy atom. The van der Waals surface area contributed by atoms with Crippen LogP contribution in [0.3, 0.4) is 0 Å². The molecule has 1 amide bonds. The number of hydrogen-bond donors (Lipinski definition) is 2. The van der Waals surface area contributed by atoms with Crippen LogP contribution in [-0.4, -0.2) is 22.4 Å². The Morgan fingerprint density at radius 2 is 2.39 bits per heavy atom. The van der Waals surface area contributed by atoms with Crippen LogP contribution >= 0.6 is 11.3 Å². The number of carbonyl (C=O) groups is 1. The molecule has 0 unspecified atom stereocenters. The number of hydrogen-bond acceptors (Lipinski definition) is 4. The maximum Gasteiger partial charge on any atom is 0.346 e. The van der Waals surface area contributed by atoms with Gasteiger partial charge < -0.3 is 10.3 Å². The second-order valence-electron chi connectivity index (χ2n) is 3.72. The topological polar surface area (TPSA) is 74.8 Å². The predicted molar refractivity (Wildman–Crippen MR) is 70.8 cm³/mol. The van der Waals surface area contributed by atoms with Crippen LogP contribution in [0.25, 0.3) is 10.6 Å². The van der Waals surface area contributed by atoms with Gasteiger partial charge in [-0.25, -0.2) is 4.79 Å². The molecular formula is C12H13N3O2S. The van der Waals surface area contributed by atoms with Crippen molar-refractivity contribution in [1.29, 1.82) is 0 Å². The van der Waals surface area contributed by atoms with Crippen molar-refractivity contribution >= 4 is 17.2 Å². The molecule has 0 radical (unpaired) electrons. The third kappa shape index (κ3) is 2.84. The molecule has 0 bridgehead atoms. The van der Waals surface area contributed by atoms with E-state index in [4.69, 9.17) is 0 Å². The second kappa shape index (κ2) is 5.59. The molecule has 5 nitrogen and oxygen atoms in total. The molecule has 0 saturated heterocycles. The van der Waals surface area contributed by atoms with Crippen LogP contribution < -0.4 is 11.0 Å². The van der Waals surface area contributed by atoms with Gasteiger partial charge in [-0.05, 0) is 23.9 Å². The zero-order valence-corrected chi connectivity index (χ0v) is 10.7. The number of carbonyl (C=O) groups excluding carboxylic acids is 1. The quantitative estimate of drug-likeness (QED) is 0.880. The van der Waals surface area contributed by atoms with E-state index in [9.17, 15) is 9.59 Å². The zero-order valence-electron chi connectivity index (χ0n) is 9.90. The van der Waals surface area contributed by atoms with Gasteiger partial charge in [-0.15, -0.1) is 11.3 Å². The van der Waals surface area contributed by atoms with Crippen molar-refractivity contribution in [2.45, 2.75) is 13.3 Å². The van der Waals surface area contributed by atoms with Gasteiger partial charge in [0.05, 0.1) is 10.6 Å². The van der Waals surface area contributed by atoms with Crippen molar-refractivity contribution in [2.75, 3.05) is 6.54 Å². The first-order valence-electron chi connectivity index (χ1n) is 5.64. The van der Waals surface area contributed by atoms with Gasteiger partial charge in [-0.1, -0.05) is 13.0 Å². The number of H-pyrrole nitrogens is 1. The van der Waals surface area contributed by atoms with E-state index in [1.165, 1.54) is 11.3 Å². The van der Waals surface area contributed by atoms with E-state index in [0.29, 0.717) is 12.2 Å². The lowest BCUT2D eigenvalue weighted by molar-refractivity contribution is 0.0948. The second-order valence-corrected chi connectivity index (χ2v) is 4.67. The van der Waals surface area contributed by atoms with Crippen molar-refractivity contribution < 1.29 is 4.79 Å². The highest BCUT2D eigenvalue weighted by molar-refractivity contribution is 7.13. The molecule has 0 saturated carbocycles. The molecule has 0 spiro atoms. The van der Waals surface area contributed by atoms with Crippen molar-refractivity contribution in [1.82, 2.24) is 15.3 Å². The van der Waals surface area contributed by atoms with E-state index < -0.39 is 5.69 Å². The van der Waals surface area contributed by atoms with Crippen molar-refractivity contribution in [3.8, 4) is 10.6 Å². The molecule has 0 aliphatic carbocycles. The van der Waals surface area contributed by atoms with Gasteiger partial charge in [0.1, 0.15) is 5.69 Å². The Morgan fingerprint density at radius 3 is 3.06 bits per heavy atom. The fourth-order valence-electron chi connectivity index (χ4n) is 1.47. The Bertz CT molecular complexity index is 590. The number of aromatic amines is 1. The molecule has 6 heteroatoms. The van der Waals surface area contributed by atoms with Crippen molar-refractivity contribution in [2.24, 2.45) is 0 Å². The maximum absolute atomic E-state index is 11.8. The lowest BCUT2D eigenvalue weighted by Crippen LogP contribution is -2.27. The number of aromatic nitrogens is 2. The smallest absolute Gasteiger partial charge is 0.346 e. The summed E-state index contributed by atoms with van der Waals surface area (Å²) in [7, 11) is 0. The molecule has 0 aromatic carbocycles. The molecule has 2 N–H and O–H groups in total. The molecule has 0 aliphatic heterocycles. The molecule has 2 aromatic heterocycles. The number of nitrogens with one attached hydrogen (secondary N) is 2. The Kier molecular flexibility index (Phi) is 3.88. The Balaban J connectivity index is 2.33. The first-order valence-corrected chi connectivity index (χ1v) is 6.52. The zero-order chi connectivity index (χ0) is 13.0. The van der Waals surface area contributed by atoms with E-state index in [1.54, 1.807) is 6.07 Å². The first kappa shape index (κ1) is 12.5. The lowest BCUT2D eigenvalue weighted by atomic mass is 10.2. The normalized spacial score (nSPS) is 10.3. The fraction of sp³-hybridized carbons (Fsp3) is 0.250. The average Bonchev–Trinajstić information content (AvgIpc) is 2.89. The van der Waals surface area contributed by atoms with Crippen LogP contribution in [0.15, 0.2) is 28.4 Å². The van der Waals surface area contributed by atoms with Crippen molar-refractivity contribution in [3.63, 3.8) is 0 Å². The highest BCUT2D eigenvalue weighted by atomic mass is 32.1. The van der Waals surface area contributed by atoms with E-state index in [1.807, 2.05) is 24.4 Å². The van der Waals surface area contributed by atoms with Crippen LogP contribution in [0, 0.1) is 0 Å². The van der Waals surface area contributed by atoms with Gasteiger partial charge in [-0.2, -0.15) is 4.98 Å². The maximum atomic E-state index is 11.8. The fourth-order valence-corrected chi connectivity index (χ4v) is 2.17. The Hall–Kier alpha value is -1.95. The van der Waals surface area contributed by atoms with Crippen LogP contribution in [0.5, 0.6) is 0 Å². The molecule has 0 atom stereocenters. The minimum Gasteiger partial charge on any atom is -0.351 e. The van der Waals surface area contributed by atoms with E-state index in [0.717, 1.165) is 11.3 Å². The van der Waals surface area contributed by atoms with Gasteiger partial charge >= 0.3 is 5.69 Å². The predicted octanol–water partition coefficient (Wildman–Crippen LogP) is 1.64. The largest absolute Gasteiger partial charge is 0.351 e. The minimum atomic E-state index is -0.512. The molecule has 2 heterocycles. The van der Waals surface area contributed by atoms with Gasteiger partial charge in [-0.3, -0.25) is 4.79 Å². The summed E-state index contributed by atoms with van der Waals surface area (Å²) in [4.78, 5) is 30.4. The molecule has 18 heavy (non-hydrogen) atoms. The summed E-state index contributed by atoms with van der Waals surface area (Å²) in [6, 6.07) is 5.36. The summed E-state index contributed by atoms with van der Waals surface area (Å²) in [6.07, 6.45) is 0.840. The van der Waals surface area contributed by atoms with Crippen LogP contribution in [0.1, 0.15) is 23.8 Å². The monoisotopic (exact) mass is 263 g/mol. The van der Waals surface area contributed by atoms with E-state index >= 15 is 0 Å². The molecule has 0 aliphatic rings. The van der Waals surface area contributed by atoms with E-state index in [2.05, 4.69) is 15.3 Å². The number of nitrogens with zero attached hydrogens (tertiary/aromatic N) is 1. The molecule has 94 valence electrons. The van der Waals surface area contributed by atoms with Gasteiger partial charge in [0.2, 0.25) is 0 Å². The van der Waals surface area contributed by atoms with Crippen molar-refractivity contribution in [3.05, 3.63) is 39.8 Å². The average molecular weight is 263 g/mol. The molecule has 0 fully saturated rings. The molecular weight excluding hydrogens is 250 g/mol. The summed E-state index contributed by atoms with van der Waals surface area (Å²) in [6.45, 7) is 2.53. The van der Waals surface area contributed by atoms with Crippen LogP contribution in [0.2, 0.25) is 0 Å². The highest BCUT2D eigenvalue weighted by Crippen LogP contribution is 2.21. The van der Waals surface area contributed by atoms with Gasteiger partial charge in [0, 0.05) is 6.54 Å². The summed E-state index contributed by atoms with van der Waals surface area (Å²) in [5.74, 6) is -0.319. The standard InChI is InChI=1S/C12H13N3O2S/c1-2-5-13-11(16)9-7-8(14-12(17)15-9)10-4-3-6-18-10/h3-4,6-7H,2,5H2,1H3,(H,13,16)(H,14,15,17). The van der Waals surface area contributed by atoms with Gasteiger partial charge in [0.25, 0.3) is 5.91 Å². The number of thiophene rings is 1. The van der Waals surface area contributed by atoms with Crippen LogP contribution in [0.4, 0.5) is 0 Å². The summed E-state index contributed by atoms with van der Waals surface area (Å²) in [5, 5.41) is 4.61. The molecule has 2 rings (SSSR count). The van der Waals surface area contributed by atoms with E-state index in [-0.39, 0.29) is 11.6 Å². The van der Waals surface area contributed by atoms with Crippen LogP contribution in [-0.2, 0) is 0 Å². The third-order valence-electron chi connectivity index (χ3n) is 2.30. The lowest BCUT2D eigenvalue weighted by Gasteiger charge is -2.03. The summed E-state index contributed by atoms with van der Waals surface area (Å²) in [5.41, 5.74) is 0.254. The third-order valence-corrected chi connectivity index (χ3v) is 3.20. The van der Waals surface area contributed by atoms with Gasteiger partial charge in [0.15, 0.2) is 0 Å². The first-order chi connectivity index (χ1) is 8.70. The summed E-state index contributed by atoms with van der Waals surface area (Å²) >= 11 is 1.49. The number of amides is 1.